The summed E-state index contributed by atoms with van der Waals surface area (Å²) in [5, 5.41) is 0.301. The number of carbonyl (C=O) groups excluding carboxylic acids is 1. The topological polar surface area (TPSA) is 46.3 Å². The minimum atomic E-state index is -0.204. The highest BCUT2D eigenvalue weighted by atomic mass is 79.9. The summed E-state index contributed by atoms with van der Waals surface area (Å²) in [5.41, 5.74) is 0.315. The molecule has 0 radical (unpaired) electrons. The maximum absolute atomic E-state index is 12.1. The summed E-state index contributed by atoms with van der Waals surface area (Å²) in [7, 11) is 1.68. The molecule has 0 saturated carbocycles. The van der Waals surface area contributed by atoms with Crippen molar-refractivity contribution in [3.8, 4) is 0 Å². The summed E-state index contributed by atoms with van der Waals surface area (Å²) < 4.78 is 5.98. The van der Waals surface area contributed by atoms with Gasteiger partial charge < -0.3 is 9.32 Å². The minimum Gasteiger partial charge on any atom is -0.452 e. The van der Waals surface area contributed by atoms with E-state index in [4.69, 9.17) is 16.0 Å². The molecule has 0 saturated heterocycles. The Hall–Kier alpha value is -1.33. The summed E-state index contributed by atoms with van der Waals surface area (Å²) in [4.78, 5) is 17.6. The predicted octanol–water partition coefficient (Wildman–Crippen LogP) is 3.36. The van der Waals surface area contributed by atoms with E-state index in [-0.39, 0.29) is 5.91 Å². The van der Waals surface area contributed by atoms with Gasteiger partial charge in [0.05, 0.1) is 6.54 Å². The molecule has 2 aromatic rings. The Bertz CT molecular complexity index is 571. The van der Waals surface area contributed by atoms with Gasteiger partial charge in [0.1, 0.15) is 16.6 Å². The minimum absolute atomic E-state index is 0.204. The second kappa shape index (κ2) is 5.54. The lowest BCUT2D eigenvalue weighted by Crippen LogP contribution is -2.26. The number of amides is 1. The number of aromatic nitrogens is 1. The quantitative estimate of drug-likeness (QED) is 0.811. The summed E-state index contributed by atoms with van der Waals surface area (Å²) in [6.45, 7) is 0.374. The molecule has 0 fully saturated rings. The van der Waals surface area contributed by atoms with Crippen LogP contribution in [0.3, 0.4) is 0 Å². The highest BCUT2D eigenvalue weighted by Crippen LogP contribution is 2.16. The van der Waals surface area contributed by atoms with Crippen LogP contribution in [-0.4, -0.2) is 22.8 Å². The summed E-state index contributed by atoms with van der Waals surface area (Å²) in [6.07, 6.45) is 0. The van der Waals surface area contributed by atoms with Gasteiger partial charge in [-0.25, -0.2) is 4.98 Å². The fourth-order valence-corrected chi connectivity index (χ4v) is 1.97. The fourth-order valence-electron chi connectivity index (χ4n) is 1.47. The van der Waals surface area contributed by atoms with Crippen LogP contribution in [0.5, 0.6) is 0 Å². The van der Waals surface area contributed by atoms with Gasteiger partial charge in [-0.15, -0.1) is 0 Å². The lowest BCUT2D eigenvalue weighted by molar-refractivity contribution is 0.0769. The molecule has 6 heteroatoms. The van der Waals surface area contributed by atoms with Gasteiger partial charge >= 0.3 is 0 Å². The van der Waals surface area contributed by atoms with Gasteiger partial charge in [0.25, 0.3) is 5.91 Å². The highest BCUT2D eigenvalue weighted by molar-refractivity contribution is 9.10. The lowest BCUT2D eigenvalue weighted by atomic mass is 10.3. The second-order valence-electron chi connectivity index (χ2n) is 3.71. The second-order valence-corrected chi connectivity index (χ2v) is 4.88. The van der Waals surface area contributed by atoms with E-state index in [0.29, 0.717) is 27.8 Å². The Labute approximate surface area is 118 Å². The molecule has 1 amide bonds. The zero-order valence-electron chi connectivity index (χ0n) is 9.56. The van der Waals surface area contributed by atoms with E-state index in [9.17, 15) is 4.79 Å². The molecule has 2 heterocycles. The Morgan fingerprint density at radius 3 is 2.83 bits per heavy atom. The normalized spacial score (nSPS) is 10.4. The fraction of sp³-hybridized carbons (Fsp3) is 0.167. The van der Waals surface area contributed by atoms with Crippen LogP contribution >= 0.6 is 27.5 Å². The van der Waals surface area contributed by atoms with Crippen molar-refractivity contribution in [2.45, 2.75) is 6.54 Å². The molecule has 94 valence electrons. The third-order valence-electron chi connectivity index (χ3n) is 2.30. The van der Waals surface area contributed by atoms with Gasteiger partial charge in [-0.05, 0) is 40.2 Å². The van der Waals surface area contributed by atoms with Crippen molar-refractivity contribution in [3.05, 3.63) is 51.6 Å². The third kappa shape index (κ3) is 3.11. The molecular weight excluding hydrogens is 320 g/mol. The number of furan rings is 1. The Balaban J connectivity index is 2.09. The van der Waals surface area contributed by atoms with Crippen LogP contribution < -0.4 is 0 Å². The first-order valence-electron chi connectivity index (χ1n) is 5.18. The molecule has 0 N–H and O–H groups in total. The number of nitrogens with zero attached hydrogens (tertiary/aromatic N) is 2. The van der Waals surface area contributed by atoms with Crippen LogP contribution in [-0.2, 0) is 6.54 Å². The number of halogens is 2. The summed E-state index contributed by atoms with van der Waals surface area (Å²) >= 11 is 8.96. The van der Waals surface area contributed by atoms with Crippen LogP contribution in [0.4, 0.5) is 0 Å². The number of rotatable bonds is 3. The molecular formula is C12H10BrClN2O2. The van der Waals surface area contributed by atoms with Crippen LogP contribution in [0.15, 0.2) is 39.4 Å². The van der Waals surface area contributed by atoms with E-state index in [1.54, 1.807) is 37.4 Å². The molecule has 4 nitrogen and oxygen atoms in total. The van der Waals surface area contributed by atoms with Gasteiger partial charge in [-0.2, -0.15) is 0 Å². The smallest absolute Gasteiger partial charge is 0.272 e. The van der Waals surface area contributed by atoms with Gasteiger partial charge in [-0.1, -0.05) is 17.7 Å². The maximum Gasteiger partial charge on any atom is 0.272 e. The van der Waals surface area contributed by atoms with E-state index >= 15 is 0 Å². The summed E-state index contributed by atoms with van der Waals surface area (Å²) in [5.74, 6) is 0.491. The Kier molecular flexibility index (Phi) is 4.04. The largest absolute Gasteiger partial charge is 0.452 e. The Morgan fingerprint density at radius 1 is 1.44 bits per heavy atom. The van der Waals surface area contributed by atoms with Crippen molar-refractivity contribution in [1.29, 1.82) is 0 Å². The lowest BCUT2D eigenvalue weighted by Gasteiger charge is -2.15. The van der Waals surface area contributed by atoms with Crippen molar-refractivity contribution < 1.29 is 9.21 Å². The molecule has 18 heavy (non-hydrogen) atoms. The zero-order valence-corrected chi connectivity index (χ0v) is 11.9. The van der Waals surface area contributed by atoms with E-state index in [2.05, 4.69) is 20.9 Å². The van der Waals surface area contributed by atoms with E-state index < -0.39 is 0 Å². The molecule has 0 aliphatic heterocycles. The van der Waals surface area contributed by atoms with Crippen LogP contribution in [0.2, 0.25) is 5.15 Å². The standard InChI is InChI=1S/C12H10BrClN2O2/c1-16(7-8-5-6-10(13)18-8)12(17)9-3-2-4-11(14)15-9/h2-6H,7H2,1H3. The van der Waals surface area contributed by atoms with Crippen molar-refractivity contribution >= 4 is 33.4 Å². The van der Waals surface area contributed by atoms with E-state index in [1.165, 1.54) is 4.90 Å². The molecule has 0 unspecified atom stereocenters. The third-order valence-corrected chi connectivity index (χ3v) is 2.94. The SMILES string of the molecule is CN(Cc1ccc(Br)o1)C(=O)c1cccc(Cl)n1. The van der Waals surface area contributed by atoms with Gasteiger partial charge in [0.2, 0.25) is 0 Å². The van der Waals surface area contributed by atoms with Gasteiger partial charge in [0, 0.05) is 7.05 Å². The van der Waals surface area contributed by atoms with Crippen LogP contribution in [0.1, 0.15) is 16.2 Å². The van der Waals surface area contributed by atoms with Crippen LogP contribution in [0.25, 0.3) is 0 Å². The first-order chi connectivity index (χ1) is 8.56. The van der Waals surface area contributed by atoms with E-state index in [1.807, 2.05) is 0 Å². The Morgan fingerprint density at radius 2 is 2.22 bits per heavy atom. The van der Waals surface area contributed by atoms with Crippen molar-refractivity contribution in [2.24, 2.45) is 0 Å². The van der Waals surface area contributed by atoms with Gasteiger partial charge in [0.15, 0.2) is 4.67 Å². The number of carbonyl (C=O) groups is 1. The molecule has 2 aromatic heterocycles. The molecule has 0 aromatic carbocycles. The molecule has 0 atom stereocenters. The van der Waals surface area contributed by atoms with Gasteiger partial charge in [-0.3, -0.25) is 4.79 Å². The number of pyridine rings is 1. The average molecular weight is 330 g/mol. The number of hydrogen-bond acceptors (Lipinski definition) is 3. The first kappa shape index (κ1) is 13.1. The predicted molar refractivity (Wildman–Crippen MR) is 71.5 cm³/mol. The molecule has 0 bridgehead atoms. The van der Waals surface area contributed by atoms with Crippen molar-refractivity contribution in [2.75, 3.05) is 7.05 Å². The van der Waals surface area contributed by atoms with Crippen LogP contribution in [0, 0.1) is 0 Å². The highest BCUT2D eigenvalue weighted by Gasteiger charge is 2.15. The first-order valence-corrected chi connectivity index (χ1v) is 6.35. The molecule has 0 aliphatic carbocycles. The number of hydrogen-bond donors (Lipinski definition) is 0. The molecule has 0 aliphatic rings. The average Bonchev–Trinajstić information content (AvgIpc) is 2.73. The zero-order chi connectivity index (χ0) is 13.1. The van der Waals surface area contributed by atoms with Crippen molar-refractivity contribution in [3.63, 3.8) is 0 Å². The molecule has 0 spiro atoms. The maximum atomic E-state index is 12.1. The van der Waals surface area contributed by atoms with E-state index in [0.717, 1.165) is 0 Å². The monoisotopic (exact) mass is 328 g/mol. The summed E-state index contributed by atoms with van der Waals surface area (Å²) in [6, 6.07) is 8.54. The molecule has 2 rings (SSSR count). The van der Waals surface area contributed by atoms with Crippen molar-refractivity contribution in [1.82, 2.24) is 9.88 Å².